The van der Waals surface area contributed by atoms with Crippen molar-refractivity contribution in [1.82, 2.24) is 9.78 Å². The van der Waals surface area contributed by atoms with Crippen LogP contribution in [0.1, 0.15) is 88.4 Å². The Morgan fingerprint density at radius 3 is 2.11 bits per heavy atom. The van der Waals surface area contributed by atoms with Crippen molar-refractivity contribution in [1.29, 1.82) is 0 Å². The van der Waals surface area contributed by atoms with Gasteiger partial charge in [-0.25, -0.2) is 5.84 Å². The lowest BCUT2D eigenvalue weighted by atomic mass is 10.0. The van der Waals surface area contributed by atoms with Crippen molar-refractivity contribution < 1.29 is 4.74 Å². The van der Waals surface area contributed by atoms with Gasteiger partial charge in [0.2, 0.25) is 0 Å². The molecule has 0 radical (unpaired) electrons. The van der Waals surface area contributed by atoms with Gasteiger partial charge in [-0.05, 0) is 37.5 Å². The van der Waals surface area contributed by atoms with Gasteiger partial charge in [0.15, 0.2) is 11.4 Å². The average molecular weight is 501 g/mol. The number of hydrazine groups is 1. The summed E-state index contributed by atoms with van der Waals surface area (Å²) in [5.74, 6) is 6.84. The largest absolute Gasteiger partial charge is 0.483 e. The van der Waals surface area contributed by atoms with Crippen molar-refractivity contribution >= 4 is 11.4 Å². The van der Waals surface area contributed by atoms with Crippen LogP contribution < -0.4 is 21.0 Å². The molecule has 0 unspecified atom stereocenters. The predicted molar refractivity (Wildman–Crippen MR) is 151 cm³/mol. The van der Waals surface area contributed by atoms with E-state index in [0.717, 1.165) is 36.9 Å². The Labute approximate surface area is 220 Å². The molecule has 0 amide bonds. The molecule has 1 fully saturated rings. The summed E-state index contributed by atoms with van der Waals surface area (Å²) in [4.78, 5) is 13.7. The quantitative estimate of drug-likeness (QED) is 0.279. The third kappa shape index (κ3) is 7.32. The predicted octanol–water partition coefficient (Wildman–Crippen LogP) is 7.02. The third-order valence-electron chi connectivity index (χ3n) is 7.15. The van der Waals surface area contributed by atoms with Crippen LogP contribution in [0.15, 0.2) is 77.7 Å². The highest BCUT2D eigenvalue weighted by Gasteiger charge is 2.22. The average Bonchev–Trinajstić information content (AvgIpc) is 3.00. The van der Waals surface area contributed by atoms with E-state index < -0.39 is 0 Å². The molecule has 6 heteroatoms. The first-order valence-corrected chi connectivity index (χ1v) is 13.7. The van der Waals surface area contributed by atoms with Crippen LogP contribution >= 0.6 is 0 Å². The first-order valence-electron chi connectivity index (χ1n) is 13.7. The van der Waals surface area contributed by atoms with Crippen LogP contribution in [0.25, 0.3) is 5.70 Å². The smallest absolute Gasteiger partial charge is 0.251 e. The highest BCUT2D eigenvalue weighted by Crippen LogP contribution is 2.27. The second-order valence-corrected chi connectivity index (χ2v) is 9.86. The number of hydrogen-bond donors (Lipinski definition) is 1. The number of nitrogens with zero attached hydrogens (tertiary/aromatic N) is 3. The summed E-state index contributed by atoms with van der Waals surface area (Å²) < 4.78 is 8.12. The molecule has 2 N–H and O–H groups in total. The van der Waals surface area contributed by atoms with E-state index in [0.29, 0.717) is 23.7 Å². The SMILES string of the molecule is CC=C(c1nn(C2CCCCCCCCCC2)cc(OCc2ccccc2)c1=O)N(N)c1ccccc1. The lowest BCUT2D eigenvalue weighted by molar-refractivity contribution is 0.290. The number of rotatable bonds is 7. The molecule has 2 aromatic carbocycles. The van der Waals surface area contributed by atoms with Gasteiger partial charge < -0.3 is 4.74 Å². The summed E-state index contributed by atoms with van der Waals surface area (Å²) in [6, 6.07) is 19.8. The van der Waals surface area contributed by atoms with E-state index >= 15 is 0 Å². The molecule has 3 aromatic rings. The molecule has 6 nitrogen and oxygen atoms in total. The fourth-order valence-electron chi connectivity index (χ4n) is 5.02. The van der Waals surface area contributed by atoms with Gasteiger partial charge in [-0.2, -0.15) is 5.10 Å². The lowest BCUT2D eigenvalue weighted by Crippen LogP contribution is -2.33. The Morgan fingerprint density at radius 1 is 0.946 bits per heavy atom. The van der Waals surface area contributed by atoms with Crippen LogP contribution in [0, 0.1) is 0 Å². The molecule has 1 aliphatic rings. The Morgan fingerprint density at radius 2 is 1.51 bits per heavy atom. The maximum absolute atomic E-state index is 13.7. The van der Waals surface area contributed by atoms with Crippen molar-refractivity contribution in [2.24, 2.45) is 5.84 Å². The normalized spacial score (nSPS) is 16.1. The molecule has 1 heterocycles. The highest BCUT2D eigenvalue weighted by molar-refractivity contribution is 5.76. The second kappa shape index (κ2) is 13.8. The third-order valence-corrected chi connectivity index (χ3v) is 7.15. The zero-order valence-electron chi connectivity index (χ0n) is 22.0. The maximum atomic E-state index is 13.7. The minimum Gasteiger partial charge on any atom is -0.483 e. The van der Waals surface area contributed by atoms with Gasteiger partial charge in [0.25, 0.3) is 5.43 Å². The molecule has 0 bridgehead atoms. The van der Waals surface area contributed by atoms with Gasteiger partial charge in [-0.15, -0.1) is 0 Å². The number of anilines is 1. The van der Waals surface area contributed by atoms with Crippen LogP contribution in [-0.4, -0.2) is 9.78 Å². The number of para-hydroxylation sites is 1. The van der Waals surface area contributed by atoms with E-state index in [1.807, 2.05) is 84.5 Å². The maximum Gasteiger partial charge on any atom is 0.251 e. The van der Waals surface area contributed by atoms with Crippen LogP contribution in [-0.2, 0) is 6.61 Å². The van der Waals surface area contributed by atoms with E-state index in [9.17, 15) is 4.79 Å². The molecule has 0 spiro atoms. The van der Waals surface area contributed by atoms with Crippen molar-refractivity contribution in [2.75, 3.05) is 5.01 Å². The summed E-state index contributed by atoms with van der Waals surface area (Å²) >= 11 is 0. The molecule has 1 aromatic heterocycles. The number of nitrogens with two attached hydrogens (primary N) is 1. The van der Waals surface area contributed by atoms with Crippen LogP contribution in [0.2, 0.25) is 0 Å². The molecular weight excluding hydrogens is 460 g/mol. The Kier molecular flexibility index (Phi) is 9.95. The van der Waals surface area contributed by atoms with Gasteiger partial charge in [0.05, 0.1) is 23.6 Å². The van der Waals surface area contributed by atoms with Crippen molar-refractivity contribution in [2.45, 2.75) is 83.8 Å². The van der Waals surface area contributed by atoms with Crippen molar-refractivity contribution in [3.63, 3.8) is 0 Å². The Bertz CT molecular complexity index is 1180. The first kappa shape index (κ1) is 26.7. The summed E-state index contributed by atoms with van der Waals surface area (Å²) in [6.45, 7) is 2.20. The summed E-state index contributed by atoms with van der Waals surface area (Å²) in [7, 11) is 0. The van der Waals surface area contributed by atoms with E-state index in [1.54, 1.807) is 0 Å². The Hall–Kier alpha value is -3.38. The molecular formula is C31H40N4O2. The molecule has 196 valence electrons. The van der Waals surface area contributed by atoms with E-state index in [2.05, 4.69) is 0 Å². The fourth-order valence-corrected chi connectivity index (χ4v) is 5.02. The lowest BCUT2D eigenvalue weighted by Gasteiger charge is -2.25. The monoisotopic (exact) mass is 500 g/mol. The van der Waals surface area contributed by atoms with E-state index in [1.165, 1.54) is 43.5 Å². The number of benzene rings is 2. The number of ether oxygens (including phenoxy) is 1. The van der Waals surface area contributed by atoms with Crippen LogP contribution in [0.4, 0.5) is 5.69 Å². The summed E-state index contributed by atoms with van der Waals surface area (Å²) in [5.41, 5.74) is 2.43. The van der Waals surface area contributed by atoms with Crippen LogP contribution in [0.5, 0.6) is 5.75 Å². The second-order valence-electron chi connectivity index (χ2n) is 9.86. The van der Waals surface area contributed by atoms with E-state index in [4.69, 9.17) is 15.7 Å². The van der Waals surface area contributed by atoms with E-state index in [-0.39, 0.29) is 11.5 Å². The minimum absolute atomic E-state index is 0.220. The van der Waals surface area contributed by atoms with Gasteiger partial charge >= 0.3 is 0 Å². The fraction of sp³-hybridized carbons (Fsp3) is 0.419. The molecule has 1 saturated carbocycles. The molecule has 37 heavy (non-hydrogen) atoms. The molecule has 0 aliphatic heterocycles. The zero-order chi connectivity index (χ0) is 25.9. The molecule has 0 atom stereocenters. The number of aromatic nitrogens is 2. The molecule has 1 aliphatic carbocycles. The molecule has 4 rings (SSSR count). The van der Waals surface area contributed by atoms with Gasteiger partial charge in [0, 0.05) is 0 Å². The van der Waals surface area contributed by atoms with Crippen LogP contribution in [0.3, 0.4) is 0 Å². The van der Waals surface area contributed by atoms with Gasteiger partial charge in [0.1, 0.15) is 6.61 Å². The van der Waals surface area contributed by atoms with Crippen molar-refractivity contribution in [3.05, 3.63) is 94.4 Å². The topological polar surface area (TPSA) is 73.4 Å². The van der Waals surface area contributed by atoms with Crippen molar-refractivity contribution in [3.8, 4) is 5.75 Å². The number of allylic oxidation sites excluding steroid dienone is 1. The molecule has 0 saturated heterocycles. The Balaban J connectivity index is 1.71. The minimum atomic E-state index is -0.247. The van der Waals surface area contributed by atoms with Gasteiger partial charge in [-0.3, -0.25) is 14.5 Å². The first-order chi connectivity index (χ1) is 18.2. The number of hydrogen-bond acceptors (Lipinski definition) is 5. The summed E-state index contributed by atoms with van der Waals surface area (Å²) in [6.07, 6.45) is 15.8. The standard InChI is InChI=1S/C31H40N4O2/c1-2-28(35(32)27-21-15-10-16-22-27)30-31(36)29(37-24-25-17-11-9-12-18-25)23-34(33-30)26-19-13-7-5-3-4-6-8-14-20-26/h2,9-12,15-18,21-23,26H,3-8,13-14,19-20,24,32H2,1H3. The zero-order valence-corrected chi connectivity index (χ0v) is 22.0. The van der Waals surface area contributed by atoms with Gasteiger partial charge in [-0.1, -0.05) is 106 Å². The summed E-state index contributed by atoms with van der Waals surface area (Å²) in [5, 5.41) is 6.45. The highest BCUT2D eigenvalue weighted by atomic mass is 16.5.